The first-order valence-corrected chi connectivity index (χ1v) is 9.12. The Morgan fingerprint density at radius 3 is 2.17 bits per heavy atom. The Bertz CT molecular complexity index is 1080. The molecule has 3 N–H and O–H groups in total. The molecule has 29 heavy (non-hydrogen) atoms. The van der Waals surface area contributed by atoms with Gasteiger partial charge < -0.3 is 10.4 Å². The molecule has 0 radical (unpaired) electrons. The van der Waals surface area contributed by atoms with Crippen molar-refractivity contribution in [3.8, 4) is 5.75 Å². The van der Waals surface area contributed by atoms with Crippen LogP contribution in [0.4, 0.5) is 5.69 Å². The number of hydrogen-bond acceptors (Lipinski definition) is 4. The molecule has 0 aliphatic carbocycles. The van der Waals surface area contributed by atoms with Gasteiger partial charge in [0.2, 0.25) is 0 Å². The number of anilines is 1. The second-order valence-corrected chi connectivity index (χ2v) is 6.60. The topological polar surface area (TPSA) is 90.8 Å². The van der Waals surface area contributed by atoms with E-state index in [1.165, 1.54) is 6.07 Å². The van der Waals surface area contributed by atoms with Crippen molar-refractivity contribution in [3.63, 3.8) is 0 Å². The van der Waals surface area contributed by atoms with Crippen LogP contribution in [0.1, 0.15) is 33.2 Å². The lowest BCUT2D eigenvalue weighted by atomic mass is 10.1. The van der Waals surface area contributed by atoms with Crippen LogP contribution in [0, 0.1) is 0 Å². The minimum atomic E-state index is -0.494. The van der Waals surface area contributed by atoms with E-state index in [-0.39, 0.29) is 17.2 Å². The second-order valence-electron chi connectivity index (χ2n) is 6.16. The van der Waals surface area contributed by atoms with Gasteiger partial charge in [0.15, 0.2) is 0 Å². The molecule has 0 aliphatic rings. The summed E-state index contributed by atoms with van der Waals surface area (Å²) >= 11 is 5.84. The van der Waals surface area contributed by atoms with Gasteiger partial charge in [0.1, 0.15) is 5.75 Å². The molecule has 0 unspecified atom stereocenters. The number of carbonyl (C=O) groups is 2. The van der Waals surface area contributed by atoms with E-state index in [1.807, 2.05) is 0 Å². The number of benzene rings is 3. The molecule has 3 aromatic carbocycles. The number of carbonyl (C=O) groups excluding carboxylic acids is 2. The fourth-order valence-electron chi connectivity index (χ4n) is 2.62. The Labute approximate surface area is 172 Å². The van der Waals surface area contributed by atoms with E-state index < -0.39 is 5.91 Å². The van der Waals surface area contributed by atoms with Gasteiger partial charge in [0.05, 0.1) is 17.0 Å². The Balaban J connectivity index is 1.76. The van der Waals surface area contributed by atoms with Crippen LogP contribution in [0.2, 0.25) is 5.02 Å². The van der Waals surface area contributed by atoms with Crippen molar-refractivity contribution < 1.29 is 14.7 Å². The van der Waals surface area contributed by atoms with Crippen molar-refractivity contribution in [2.75, 3.05) is 5.32 Å². The highest BCUT2D eigenvalue weighted by Crippen LogP contribution is 2.18. The number of hydrazone groups is 1. The summed E-state index contributed by atoms with van der Waals surface area (Å²) in [6.07, 6.45) is 0. The van der Waals surface area contributed by atoms with Crippen molar-refractivity contribution in [3.05, 3.63) is 94.5 Å². The Hall–Kier alpha value is -3.64. The van der Waals surface area contributed by atoms with E-state index in [0.29, 0.717) is 27.5 Å². The van der Waals surface area contributed by atoms with Crippen LogP contribution in [0.15, 0.2) is 77.9 Å². The largest absolute Gasteiger partial charge is 0.507 e. The van der Waals surface area contributed by atoms with Gasteiger partial charge in [-0.1, -0.05) is 35.9 Å². The smallest absolute Gasteiger partial charge is 0.273 e. The highest BCUT2D eigenvalue weighted by molar-refractivity contribution is 6.30. The zero-order valence-electron chi connectivity index (χ0n) is 15.5. The first kappa shape index (κ1) is 20.1. The Kier molecular flexibility index (Phi) is 6.26. The van der Waals surface area contributed by atoms with Crippen molar-refractivity contribution in [2.45, 2.75) is 6.92 Å². The molecular formula is C22H18ClN3O3. The lowest BCUT2D eigenvalue weighted by molar-refractivity contribution is 0.0955. The molecular weight excluding hydrogens is 390 g/mol. The molecule has 0 spiro atoms. The van der Waals surface area contributed by atoms with Gasteiger partial charge in [0, 0.05) is 16.1 Å². The number of nitrogens with one attached hydrogen (secondary N) is 2. The van der Waals surface area contributed by atoms with Gasteiger partial charge >= 0.3 is 0 Å². The minimum absolute atomic E-state index is 0.0682. The third kappa shape index (κ3) is 5.00. The van der Waals surface area contributed by atoms with Gasteiger partial charge in [-0.15, -0.1) is 0 Å². The minimum Gasteiger partial charge on any atom is -0.507 e. The number of nitrogens with zero attached hydrogens (tertiary/aromatic N) is 1. The molecule has 0 fully saturated rings. The number of hydrogen-bond donors (Lipinski definition) is 3. The van der Waals surface area contributed by atoms with Crippen LogP contribution in [0.3, 0.4) is 0 Å². The first-order chi connectivity index (χ1) is 14.0. The summed E-state index contributed by atoms with van der Waals surface area (Å²) in [5.41, 5.74) is 4.43. The second kappa shape index (κ2) is 9.03. The van der Waals surface area contributed by atoms with Crippen molar-refractivity contribution in [2.24, 2.45) is 5.10 Å². The molecule has 0 saturated heterocycles. The number of para-hydroxylation sites is 2. The quantitative estimate of drug-likeness (QED) is 0.431. The molecule has 7 heteroatoms. The third-order valence-electron chi connectivity index (χ3n) is 4.15. The molecule has 0 saturated carbocycles. The summed E-state index contributed by atoms with van der Waals surface area (Å²) in [5, 5.41) is 17.2. The highest BCUT2D eigenvalue weighted by atomic mass is 35.5. The molecule has 146 valence electrons. The number of rotatable bonds is 5. The third-order valence-corrected chi connectivity index (χ3v) is 4.40. The van der Waals surface area contributed by atoms with E-state index in [1.54, 1.807) is 73.7 Å². The van der Waals surface area contributed by atoms with Crippen molar-refractivity contribution >= 4 is 34.8 Å². The van der Waals surface area contributed by atoms with Gasteiger partial charge in [-0.25, -0.2) is 5.43 Å². The molecule has 2 amide bonds. The number of phenols is 1. The zero-order chi connectivity index (χ0) is 20.8. The van der Waals surface area contributed by atoms with Gasteiger partial charge in [0.25, 0.3) is 11.8 Å². The van der Waals surface area contributed by atoms with E-state index in [9.17, 15) is 14.7 Å². The predicted molar refractivity (Wildman–Crippen MR) is 114 cm³/mol. The van der Waals surface area contributed by atoms with E-state index in [2.05, 4.69) is 15.8 Å². The molecule has 3 rings (SSSR count). The molecule has 3 aromatic rings. The lowest BCUT2D eigenvalue weighted by Gasteiger charge is -2.10. The molecule has 0 atom stereocenters. The van der Waals surface area contributed by atoms with E-state index in [0.717, 1.165) is 0 Å². The maximum Gasteiger partial charge on any atom is 0.273 e. The number of amides is 2. The summed E-state index contributed by atoms with van der Waals surface area (Å²) in [4.78, 5) is 25.0. The standard InChI is InChI=1S/C22H18ClN3O3/c1-14(17-6-3-5-9-20(17)27)25-26-22(29)18-7-2-4-8-19(18)24-21(28)15-10-12-16(23)13-11-15/h2-13,27H,1H3,(H,24,28)(H,26,29). The number of phenolic OH excluding ortho intramolecular Hbond substituents is 1. The average Bonchev–Trinajstić information content (AvgIpc) is 2.73. The van der Waals surface area contributed by atoms with Crippen LogP contribution in [-0.4, -0.2) is 22.6 Å². The van der Waals surface area contributed by atoms with Gasteiger partial charge in [-0.3, -0.25) is 9.59 Å². The average molecular weight is 408 g/mol. The van der Waals surface area contributed by atoms with Crippen LogP contribution >= 0.6 is 11.6 Å². The van der Waals surface area contributed by atoms with Crippen LogP contribution in [0.5, 0.6) is 5.75 Å². The summed E-state index contributed by atoms with van der Waals surface area (Å²) in [6.45, 7) is 1.67. The predicted octanol–water partition coefficient (Wildman–Crippen LogP) is 4.45. The molecule has 0 aliphatic heterocycles. The van der Waals surface area contributed by atoms with Crippen LogP contribution < -0.4 is 10.7 Å². The summed E-state index contributed by atoms with van der Waals surface area (Å²) in [5.74, 6) is -0.791. The fraction of sp³-hybridized carbons (Fsp3) is 0.0455. The normalized spacial score (nSPS) is 11.0. The SMILES string of the molecule is CC(=NNC(=O)c1ccccc1NC(=O)c1ccc(Cl)cc1)c1ccccc1O. The van der Waals surface area contributed by atoms with Crippen LogP contribution in [-0.2, 0) is 0 Å². The summed E-state index contributed by atoms with van der Waals surface area (Å²) in [6, 6.07) is 19.7. The van der Waals surface area contributed by atoms with E-state index in [4.69, 9.17) is 11.6 Å². The highest BCUT2D eigenvalue weighted by Gasteiger charge is 2.14. The fourth-order valence-corrected chi connectivity index (χ4v) is 2.75. The zero-order valence-corrected chi connectivity index (χ0v) is 16.3. The number of aromatic hydroxyl groups is 1. The molecule has 0 heterocycles. The molecule has 0 bridgehead atoms. The van der Waals surface area contributed by atoms with Crippen molar-refractivity contribution in [1.29, 1.82) is 0 Å². The van der Waals surface area contributed by atoms with E-state index >= 15 is 0 Å². The maximum absolute atomic E-state index is 12.6. The molecule has 6 nitrogen and oxygen atoms in total. The summed E-state index contributed by atoms with van der Waals surface area (Å²) in [7, 11) is 0. The summed E-state index contributed by atoms with van der Waals surface area (Å²) < 4.78 is 0. The van der Waals surface area contributed by atoms with Crippen molar-refractivity contribution in [1.82, 2.24) is 5.43 Å². The van der Waals surface area contributed by atoms with Gasteiger partial charge in [-0.2, -0.15) is 5.10 Å². The lowest BCUT2D eigenvalue weighted by Crippen LogP contribution is -2.22. The number of halogens is 1. The monoisotopic (exact) mass is 407 g/mol. The first-order valence-electron chi connectivity index (χ1n) is 8.74. The molecule has 0 aromatic heterocycles. The van der Waals surface area contributed by atoms with Crippen LogP contribution in [0.25, 0.3) is 0 Å². The maximum atomic E-state index is 12.6. The van der Waals surface area contributed by atoms with Gasteiger partial charge in [-0.05, 0) is 55.5 Å². The Morgan fingerprint density at radius 2 is 1.48 bits per heavy atom. The Morgan fingerprint density at radius 1 is 0.862 bits per heavy atom.